The zero-order valence-electron chi connectivity index (χ0n) is 14.6. The lowest BCUT2D eigenvalue weighted by Crippen LogP contribution is -2.63. The molecule has 0 aromatic carbocycles. The van der Waals surface area contributed by atoms with E-state index in [4.69, 9.17) is 14.6 Å². The number of aliphatic hydroxyl groups is 2. The summed E-state index contributed by atoms with van der Waals surface area (Å²) in [5.41, 5.74) is -2.13. The van der Waals surface area contributed by atoms with Crippen LogP contribution < -0.4 is 0 Å². The summed E-state index contributed by atoms with van der Waals surface area (Å²) in [6.45, 7) is 17.9. The van der Waals surface area contributed by atoms with Crippen molar-refractivity contribution >= 4 is 11.9 Å². The number of fused-ring (bicyclic) bond motifs is 1. The molecule has 2 fully saturated rings. The van der Waals surface area contributed by atoms with E-state index in [0.29, 0.717) is 5.57 Å². The van der Waals surface area contributed by atoms with Crippen LogP contribution in [0.15, 0.2) is 49.1 Å². The van der Waals surface area contributed by atoms with Crippen LogP contribution in [0.5, 0.6) is 0 Å². The van der Waals surface area contributed by atoms with Gasteiger partial charge in [0, 0.05) is 5.92 Å². The van der Waals surface area contributed by atoms with E-state index in [1.54, 1.807) is 13.0 Å². The van der Waals surface area contributed by atoms with Gasteiger partial charge in [-0.25, -0.2) is 9.59 Å². The molecule has 5 atom stereocenters. The van der Waals surface area contributed by atoms with E-state index in [-0.39, 0.29) is 17.6 Å². The molecular formula is C19H24O6. The van der Waals surface area contributed by atoms with Crippen molar-refractivity contribution in [1.29, 1.82) is 0 Å². The average molecular weight is 348 g/mol. The third-order valence-corrected chi connectivity index (χ3v) is 5.25. The van der Waals surface area contributed by atoms with Gasteiger partial charge in [0.2, 0.25) is 0 Å². The minimum Gasteiger partial charge on any atom is -0.455 e. The second kappa shape index (κ2) is 6.28. The second-order valence-electron chi connectivity index (χ2n) is 7.02. The van der Waals surface area contributed by atoms with Crippen molar-refractivity contribution in [2.75, 3.05) is 6.61 Å². The lowest BCUT2D eigenvalue weighted by molar-refractivity contribution is -0.193. The minimum absolute atomic E-state index is 0.154. The summed E-state index contributed by atoms with van der Waals surface area (Å²) in [5, 5.41) is 20.3. The number of allylic oxidation sites excluding steroid dienone is 1. The largest absolute Gasteiger partial charge is 0.455 e. The lowest BCUT2D eigenvalue weighted by atomic mass is 9.57. The first-order valence-electron chi connectivity index (χ1n) is 7.94. The maximum atomic E-state index is 12.1. The third kappa shape index (κ3) is 2.75. The highest BCUT2D eigenvalue weighted by atomic mass is 16.6. The van der Waals surface area contributed by atoms with Crippen molar-refractivity contribution in [3.05, 3.63) is 49.1 Å². The molecule has 6 heteroatoms. The fourth-order valence-electron chi connectivity index (χ4n) is 3.78. The summed E-state index contributed by atoms with van der Waals surface area (Å²) in [6.07, 6.45) is -0.239. The summed E-state index contributed by atoms with van der Waals surface area (Å²) in [6, 6.07) is 0. The maximum Gasteiger partial charge on any atom is 0.337 e. The minimum atomic E-state index is -1.88. The number of esters is 2. The first-order chi connectivity index (χ1) is 11.5. The molecule has 1 aliphatic heterocycles. The number of rotatable bonds is 5. The Morgan fingerprint density at radius 2 is 2.08 bits per heavy atom. The molecule has 1 heterocycles. The summed E-state index contributed by atoms with van der Waals surface area (Å²) in [4.78, 5) is 24.2. The van der Waals surface area contributed by atoms with E-state index in [1.165, 1.54) is 0 Å². The highest BCUT2D eigenvalue weighted by Crippen LogP contribution is 2.55. The Bertz CT molecular complexity index is 677. The molecule has 0 spiro atoms. The molecule has 1 aliphatic carbocycles. The van der Waals surface area contributed by atoms with Crippen molar-refractivity contribution in [2.45, 2.75) is 38.1 Å². The van der Waals surface area contributed by atoms with E-state index in [2.05, 4.69) is 26.3 Å². The molecule has 6 nitrogen and oxygen atoms in total. The van der Waals surface area contributed by atoms with Gasteiger partial charge in [0.15, 0.2) is 5.60 Å². The molecule has 0 aromatic rings. The van der Waals surface area contributed by atoms with Crippen LogP contribution in [0.2, 0.25) is 0 Å². The predicted molar refractivity (Wildman–Crippen MR) is 91.3 cm³/mol. The monoisotopic (exact) mass is 348 g/mol. The Morgan fingerprint density at radius 3 is 2.56 bits per heavy atom. The molecular weight excluding hydrogens is 324 g/mol. The predicted octanol–water partition coefficient (Wildman–Crippen LogP) is 1.45. The summed E-state index contributed by atoms with van der Waals surface area (Å²) in [7, 11) is 0. The number of ether oxygens (including phenoxy) is 2. The van der Waals surface area contributed by atoms with Crippen LogP contribution in [0, 0.1) is 11.3 Å². The fourth-order valence-corrected chi connectivity index (χ4v) is 3.78. The molecule has 1 saturated carbocycles. The van der Waals surface area contributed by atoms with Gasteiger partial charge in [-0.15, -0.1) is 6.58 Å². The van der Waals surface area contributed by atoms with Crippen molar-refractivity contribution in [1.82, 2.24) is 0 Å². The van der Waals surface area contributed by atoms with Crippen LogP contribution in [0.3, 0.4) is 0 Å². The summed E-state index contributed by atoms with van der Waals surface area (Å²) < 4.78 is 10.8. The first-order valence-corrected chi connectivity index (χ1v) is 7.94. The molecule has 2 aliphatic rings. The molecule has 25 heavy (non-hydrogen) atoms. The van der Waals surface area contributed by atoms with Gasteiger partial charge < -0.3 is 19.7 Å². The van der Waals surface area contributed by atoms with Crippen molar-refractivity contribution < 1.29 is 29.3 Å². The van der Waals surface area contributed by atoms with E-state index in [0.717, 1.165) is 0 Å². The Hall–Kier alpha value is -2.18. The van der Waals surface area contributed by atoms with Crippen LogP contribution in [-0.2, 0) is 19.1 Å². The smallest absolute Gasteiger partial charge is 0.337 e. The molecule has 136 valence electrons. The molecule has 5 unspecified atom stereocenters. The van der Waals surface area contributed by atoms with E-state index < -0.39 is 47.7 Å². The van der Waals surface area contributed by atoms with Crippen molar-refractivity contribution in [2.24, 2.45) is 11.3 Å². The second-order valence-corrected chi connectivity index (χ2v) is 7.02. The Balaban J connectivity index is 2.53. The van der Waals surface area contributed by atoms with Crippen LogP contribution >= 0.6 is 0 Å². The quantitative estimate of drug-likeness (QED) is 0.444. The Morgan fingerprint density at radius 1 is 1.48 bits per heavy atom. The van der Waals surface area contributed by atoms with E-state index >= 15 is 0 Å². The van der Waals surface area contributed by atoms with Crippen molar-refractivity contribution in [3.63, 3.8) is 0 Å². The standard InChI is InChI=1S/C19H24O6/c1-7-18(6)8-13(24-16(21)11(4)9-20)19(23)12(5)17(22)25-15(19)14(18)10(2)3/h7,13-15,20,23H,1-2,4-5,8-9H2,3,6H3. The molecule has 0 aromatic heterocycles. The van der Waals surface area contributed by atoms with Gasteiger partial charge in [-0.05, 0) is 18.8 Å². The zero-order chi connectivity index (χ0) is 19.2. The van der Waals surface area contributed by atoms with Crippen LogP contribution in [-0.4, -0.2) is 46.6 Å². The summed E-state index contributed by atoms with van der Waals surface area (Å²) in [5.74, 6) is -2.02. The summed E-state index contributed by atoms with van der Waals surface area (Å²) >= 11 is 0. The maximum absolute atomic E-state index is 12.1. The molecule has 0 amide bonds. The van der Waals surface area contributed by atoms with E-state index in [1.807, 2.05) is 6.92 Å². The van der Waals surface area contributed by atoms with Gasteiger partial charge in [0.05, 0.1) is 17.8 Å². The van der Waals surface area contributed by atoms with Gasteiger partial charge >= 0.3 is 11.9 Å². The number of carbonyl (C=O) groups excluding carboxylic acids is 2. The molecule has 0 radical (unpaired) electrons. The van der Waals surface area contributed by atoms with Crippen LogP contribution in [0.4, 0.5) is 0 Å². The molecule has 1 saturated heterocycles. The number of hydrogen-bond donors (Lipinski definition) is 2. The van der Waals surface area contributed by atoms with Gasteiger partial charge in [-0.1, -0.05) is 38.3 Å². The highest BCUT2D eigenvalue weighted by Gasteiger charge is 2.67. The highest BCUT2D eigenvalue weighted by molar-refractivity contribution is 5.94. The van der Waals surface area contributed by atoms with Gasteiger partial charge in [-0.2, -0.15) is 0 Å². The Labute approximate surface area is 147 Å². The lowest BCUT2D eigenvalue weighted by Gasteiger charge is -2.51. The van der Waals surface area contributed by atoms with Gasteiger partial charge in [0.25, 0.3) is 0 Å². The molecule has 2 rings (SSSR count). The molecule has 2 N–H and O–H groups in total. The van der Waals surface area contributed by atoms with Crippen LogP contribution in [0.1, 0.15) is 20.3 Å². The number of aliphatic hydroxyl groups excluding tert-OH is 1. The third-order valence-electron chi connectivity index (χ3n) is 5.25. The SMILES string of the molecule is C=CC1(C)CC(OC(=O)C(=C)CO)C2(O)C(=C)C(=O)OC2C1C(=C)C. The van der Waals surface area contributed by atoms with Crippen molar-refractivity contribution in [3.8, 4) is 0 Å². The Kier molecular flexibility index (Phi) is 4.81. The first kappa shape index (κ1) is 19.1. The van der Waals surface area contributed by atoms with Gasteiger partial charge in [0.1, 0.15) is 12.2 Å². The molecule has 0 bridgehead atoms. The fraction of sp³-hybridized carbons (Fsp3) is 0.474. The topological polar surface area (TPSA) is 93.1 Å². The van der Waals surface area contributed by atoms with E-state index in [9.17, 15) is 14.7 Å². The normalized spacial score (nSPS) is 37.0. The zero-order valence-corrected chi connectivity index (χ0v) is 14.6. The number of carbonyl (C=O) groups is 2. The van der Waals surface area contributed by atoms with Gasteiger partial charge in [-0.3, -0.25) is 0 Å². The van der Waals surface area contributed by atoms with Crippen LogP contribution in [0.25, 0.3) is 0 Å². The number of hydrogen-bond acceptors (Lipinski definition) is 6. The average Bonchev–Trinajstić information content (AvgIpc) is 2.78.